The van der Waals surface area contributed by atoms with E-state index in [1.165, 1.54) is 0 Å². The van der Waals surface area contributed by atoms with Crippen LogP contribution < -0.4 is 4.72 Å². The van der Waals surface area contributed by atoms with Crippen molar-refractivity contribution in [2.24, 2.45) is 0 Å². The zero-order valence-corrected chi connectivity index (χ0v) is 14.0. The van der Waals surface area contributed by atoms with Crippen LogP contribution in [0.25, 0.3) is 0 Å². The van der Waals surface area contributed by atoms with Gasteiger partial charge in [0, 0.05) is 0 Å². The largest absolute Gasteiger partial charge is 0.283 e. The first kappa shape index (κ1) is 16.6. The maximum Gasteiger partial charge on any atom is 0.235 e. The van der Waals surface area contributed by atoms with Gasteiger partial charge in [0.1, 0.15) is 9.84 Å². The summed E-state index contributed by atoms with van der Waals surface area (Å²) < 4.78 is 50.1. The van der Waals surface area contributed by atoms with Gasteiger partial charge in [-0.1, -0.05) is 18.2 Å². The zero-order chi connectivity index (χ0) is 15.7. The Balaban J connectivity index is 2.19. The Morgan fingerprint density at radius 1 is 1.24 bits per heavy atom. The molecule has 118 valence electrons. The molecule has 2 rings (SSSR count). The van der Waals surface area contributed by atoms with Gasteiger partial charge >= 0.3 is 0 Å². The molecule has 0 saturated carbocycles. The van der Waals surface area contributed by atoms with Crippen LogP contribution in [0.15, 0.2) is 24.3 Å². The van der Waals surface area contributed by atoms with Crippen LogP contribution in [-0.2, 0) is 19.9 Å². The number of halogens is 1. The third kappa shape index (κ3) is 4.11. The van der Waals surface area contributed by atoms with E-state index in [0.29, 0.717) is 11.3 Å². The van der Waals surface area contributed by atoms with Gasteiger partial charge in [-0.3, -0.25) is 4.72 Å². The zero-order valence-electron chi connectivity index (χ0n) is 11.6. The van der Waals surface area contributed by atoms with Crippen molar-refractivity contribution in [3.8, 4) is 0 Å². The molecule has 0 amide bonds. The van der Waals surface area contributed by atoms with E-state index >= 15 is 0 Å². The second kappa shape index (κ2) is 6.14. The van der Waals surface area contributed by atoms with Crippen LogP contribution in [0.5, 0.6) is 0 Å². The summed E-state index contributed by atoms with van der Waals surface area (Å²) in [5.74, 6) is -0.154. The number of hydrogen-bond acceptors (Lipinski definition) is 4. The normalized spacial score (nSPS) is 20.9. The minimum Gasteiger partial charge on any atom is -0.283 e. The number of hydrogen-bond donors (Lipinski definition) is 1. The van der Waals surface area contributed by atoms with Crippen LogP contribution >= 0.6 is 11.6 Å². The summed E-state index contributed by atoms with van der Waals surface area (Å²) in [5.41, 5.74) is 1.15. The molecule has 1 saturated heterocycles. The first-order chi connectivity index (χ1) is 9.71. The van der Waals surface area contributed by atoms with E-state index in [2.05, 4.69) is 4.72 Å². The van der Waals surface area contributed by atoms with Gasteiger partial charge < -0.3 is 0 Å². The average molecular weight is 352 g/mol. The molecule has 21 heavy (non-hydrogen) atoms. The highest BCUT2D eigenvalue weighted by atomic mass is 35.5. The summed E-state index contributed by atoms with van der Waals surface area (Å²) >= 11 is 6.05. The van der Waals surface area contributed by atoms with E-state index in [9.17, 15) is 16.8 Å². The van der Waals surface area contributed by atoms with Crippen LogP contribution in [0.3, 0.4) is 0 Å². The van der Waals surface area contributed by atoms with Crippen LogP contribution in [0, 0.1) is 0 Å². The van der Waals surface area contributed by atoms with Gasteiger partial charge in [-0.05, 0) is 31.4 Å². The monoisotopic (exact) mass is 351 g/mol. The standard InChI is InChI=1S/C13H18ClNO4S2/c1-10(14)12-4-2-3-5-13(12)15-21(18,19)11-6-8-20(16,17)9-7-11/h2-5,10-11,15H,6-9H2,1H3. The fourth-order valence-electron chi connectivity index (χ4n) is 2.35. The first-order valence-corrected chi connectivity index (χ1v) is 10.5. The molecule has 1 heterocycles. The molecule has 8 heteroatoms. The molecule has 0 aliphatic carbocycles. The van der Waals surface area contributed by atoms with Gasteiger partial charge in [0.2, 0.25) is 10.0 Å². The van der Waals surface area contributed by atoms with E-state index in [-0.39, 0.29) is 29.7 Å². The van der Waals surface area contributed by atoms with Gasteiger partial charge in [0.15, 0.2) is 0 Å². The van der Waals surface area contributed by atoms with Crippen LogP contribution in [0.4, 0.5) is 5.69 Å². The van der Waals surface area contributed by atoms with Crippen molar-refractivity contribution < 1.29 is 16.8 Å². The first-order valence-electron chi connectivity index (χ1n) is 6.66. The van der Waals surface area contributed by atoms with Gasteiger partial charge in [-0.25, -0.2) is 16.8 Å². The molecule has 1 aromatic rings. The van der Waals surface area contributed by atoms with Gasteiger partial charge in [-0.15, -0.1) is 11.6 Å². The van der Waals surface area contributed by atoms with Crippen molar-refractivity contribution in [1.29, 1.82) is 0 Å². The SMILES string of the molecule is CC(Cl)c1ccccc1NS(=O)(=O)C1CCS(=O)(=O)CC1. The number of benzene rings is 1. The Kier molecular flexibility index (Phi) is 4.85. The quantitative estimate of drug-likeness (QED) is 0.844. The highest BCUT2D eigenvalue weighted by molar-refractivity contribution is 7.94. The lowest BCUT2D eigenvalue weighted by Crippen LogP contribution is -2.36. The number of anilines is 1. The summed E-state index contributed by atoms with van der Waals surface area (Å²) in [6.07, 6.45) is 0.270. The predicted octanol–water partition coefficient (Wildman–Crippen LogP) is 2.31. The number of alkyl halides is 1. The fourth-order valence-corrected chi connectivity index (χ4v) is 5.85. The molecular weight excluding hydrogens is 334 g/mol. The summed E-state index contributed by atoms with van der Waals surface area (Å²) in [4.78, 5) is 0. The average Bonchev–Trinajstić information content (AvgIpc) is 2.38. The Morgan fingerprint density at radius 2 is 1.81 bits per heavy atom. The van der Waals surface area contributed by atoms with Gasteiger partial charge in [-0.2, -0.15) is 0 Å². The minimum atomic E-state index is -3.62. The maximum atomic E-state index is 12.4. The molecule has 5 nitrogen and oxygen atoms in total. The highest BCUT2D eigenvalue weighted by Gasteiger charge is 2.33. The number of sulfonamides is 1. The van der Waals surface area contributed by atoms with E-state index in [4.69, 9.17) is 11.6 Å². The van der Waals surface area contributed by atoms with E-state index < -0.39 is 25.1 Å². The second-order valence-corrected chi connectivity index (χ2v) is 10.1. The minimum absolute atomic E-state index is 0.0772. The lowest BCUT2D eigenvalue weighted by Gasteiger charge is -2.23. The van der Waals surface area contributed by atoms with Crippen molar-refractivity contribution >= 4 is 37.1 Å². The lowest BCUT2D eigenvalue weighted by molar-refractivity contribution is 0.555. The molecule has 1 fully saturated rings. The van der Waals surface area contributed by atoms with Gasteiger partial charge in [0.25, 0.3) is 0 Å². The van der Waals surface area contributed by atoms with Crippen LogP contribution in [0.2, 0.25) is 0 Å². The topological polar surface area (TPSA) is 80.3 Å². The summed E-state index contributed by atoms with van der Waals surface area (Å²) in [6.45, 7) is 1.77. The van der Waals surface area contributed by atoms with Gasteiger partial charge in [0.05, 0.1) is 27.8 Å². The molecule has 0 aromatic heterocycles. The molecule has 1 aromatic carbocycles. The summed E-state index contributed by atoms with van der Waals surface area (Å²) in [5, 5.41) is -1.00. The molecule has 1 N–H and O–H groups in total. The van der Waals surface area contributed by atoms with Crippen LogP contribution in [-0.4, -0.2) is 33.6 Å². The van der Waals surface area contributed by atoms with Crippen molar-refractivity contribution in [2.45, 2.75) is 30.4 Å². The third-order valence-electron chi connectivity index (χ3n) is 3.58. The highest BCUT2D eigenvalue weighted by Crippen LogP contribution is 2.29. The fraction of sp³-hybridized carbons (Fsp3) is 0.538. The predicted molar refractivity (Wildman–Crippen MR) is 84.9 cm³/mol. The molecule has 0 spiro atoms. The van der Waals surface area contributed by atoms with Crippen LogP contribution in [0.1, 0.15) is 30.7 Å². The van der Waals surface area contributed by atoms with Crippen molar-refractivity contribution in [3.63, 3.8) is 0 Å². The van der Waals surface area contributed by atoms with Crippen molar-refractivity contribution in [1.82, 2.24) is 0 Å². The van der Waals surface area contributed by atoms with E-state index in [1.807, 2.05) is 0 Å². The molecule has 0 bridgehead atoms. The Morgan fingerprint density at radius 3 is 2.38 bits per heavy atom. The molecule has 1 unspecified atom stereocenters. The molecule has 1 aliphatic rings. The summed E-state index contributed by atoms with van der Waals surface area (Å²) in [7, 11) is -6.70. The summed E-state index contributed by atoms with van der Waals surface area (Å²) in [6, 6.07) is 6.94. The maximum absolute atomic E-state index is 12.4. The smallest absolute Gasteiger partial charge is 0.235 e. The number of sulfone groups is 1. The van der Waals surface area contributed by atoms with Crippen molar-refractivity contribution in [2.75, 3.05) is 16.2 Å². The Labute approximate surface area is 130 Å². The number of nitrogens with one attached hydrogen (secondary N) is 1. The van der Waals surface area contributed by atoms with Crippen molar-refractivity contribution in [3.05, 3.63) is 29.8 Å². The Bertz CT molecular complexity index is 699. The molecule has 1 aliphatic heterocycles. The van der Waals surface area contributed by atoms with E-state index in [1.54, 1.807) is 31.2 Å². The third-order valence-corrected chi connectivity index (χ3v) is 7.39. The Hall–Kier alpha value is -0.790. The second-order valence-electron chi connectivity index (χ2n) is 5.20. The molecule has 1 atom stereocenters. The molecule has 0 radical (unpaired) electrons. The molecular formula is C13H18ClNO4S2. The lowest BCUT2D eigenvalue weighted by atomic mass is 10.1. The number of rotatable bonds is 4. The van der Waals surface area contributed by atoms with E-state index in [0.717, 1.165) is 0 Å². The number of para-hydroxylation sites is 1.